The van der Waals surface area contributed by atoms with Gasteiger partial charge in [0.05, 0.1) is 12.7 Å². The van der Waals surface area contributed by atoms with Crippen LogP contribution in [0.3, 0.4) is 0 Å². The lowest BCUT2D eigenvalue weighted by molar-refractivity contribution is -0.131. The Morgan fingerprint density at radius 3 is 2.57 bits per heavy atom. The summed E-state index contributed by atoms with van der Waals surface area (Å²) in [4.78, 5) is 22.8. The molecule has 0 aromatic heterocycles. The maximum Gasteiger partial charge on any atom is 0.328 e. The van der Waals surface area contributed by atoms with Crippen LogP contribution in [0.25, 0.3) is 16.8 Å². The molecule has 5 nitrogen and oxygen atoms in total. The lowest BCUT2D eigenvalue weighted by Gasteiger charge is -2.15. The van der Waals surface area contributed by atoms with Gasteiger partial charge in [-0.15, -0.1) is 0 Å². The first kappa shape index (κ1) is 19.2. The Labute approximate surface area is 162 Å². The number of carbonyl (C=O) groups excluding carboxylic acids is 1. The molecule has 3 rings (SSSR count). The van der Waals surface area contributed by atoms with Gasteiger partial charge in [0, 0.05) is 17.0 Å². The minimum absolute atomic E-state index is 0.0779. The van der Waals surface area contributed by atoms with Crippen molar-refractivity contribution in [3.63, 3.8) is 0 Å². The topological polar surface area (TPSA) is 72.8 Å². The highest BCUT2D eigenvalue weighted by molar-refractivity contribution is 6.03. The van der Waals surface area contributed by atoms with Gasteiger partial charge in [-0.3, -0.25) is 4.79 Å². The van der Waals surface area contributed by atoms with Gasteiger partial charge in [0.1, 0.15) is 18.1 Å². The third-order valence-corrected chi connectivity index (χ3v) is 4.35. The summed E-state index contributed by atoms with van der Waals surface area (Å²) in [6.45, 7) is 1.68. The fraction of sp³-hybridized carbons (Fsp3) is 0.130. The second-order valence-corrected chi connectivity index (χ2v) is 6.25. The molecule has 28 heavy (non-hydrogen) atoms. The van der Waals surface area contributed by atoms with Crippen LogP contribution in [0.2, 0.25) is 0 Å². The molecule has 0 aliphatic heterocycles. The van der Waals surface area contributed by atoms with Crippen molar-refractivity contribution in [1.29, 1.82) is 0 Å². The molecule has 3 aromatic carbocycles. The Bertz CT molecular complexity index is 1070. The predicted octanol–water partition coefficient (Wildman–Crippen LogP) is 4.73. The number of hydrogen-bond acceptors (Lipinski definition) is 4. The Morgan fingerprint density at radius 1 is 1.07 bits per heavy atom. The molecule has 0 aliphatic carbocycles. The summed E-state index contributed by atoms with van der Waals surface area (Å²) in [5, 5.41) is 10.6. The zero-order chi connectivity index (χ0) is 20.1. The molecular weight excluding hydrogens is 356 g/mol. The van der Waals surface area contributed by atoms with Crippen LogP contribution >= 0.6 is 0 Å². The fourth-order valence-corrected chi connectivity index (χ4v) is 3.01. The number of ether oxygens (including phenoxy) is 2. The van der Waals surface area contributed by atoms with Gasteiger partial charge in [0.15, 0.2) is 5.78 Å². The highest BCUT2D eigenvalue weighted by atomic mass is 16.5. The highest BCUT2D eigenvalue weighted by Crippen LogP contribution is 2.32. The average Bonchev–Trinajstić information content (AvgIpc) is 2.70. The molecule has 0 radical (unpaired) electrons. The summed E-state index contributed by atoms with van der Waals surface area (Å²) in [5.74, 6) is 0.0533. The van der Waals surface area contributed by atoms with Gasteiger partial charge in [-0.2, -0.15) is 0 Å². The summed E-state index contributed by atoms with van der Waals surface area (Å²) in [5.41, 5.74) is 1.98. The molecule has 5 heteroatoms. The SMILES string of the molecule is COc1ccc(C=CC(=O)O)cc1COc1c(C(C)=O)ccc2ccccc12. The second kappa shape index (κ2) is 8.39. The minimum Gasteiger partial charge on any atom is -0.496 e. The number of benzene rings is 3. The predicted molar refractivity (Wildman–Crippen MR) is 108 cm³/mol. The van der Waals surface area contributed by atoms with Crippen molar-refractivity contribution in [3.05, 3.63) is 77.4 Å². The Hall–Kier alpha value is -3.60. The minimum atomic E-state index is -1.02. The third kappa shape index (κ3) is 4.20. The van der Waals surface area contributed by atoms with Crippen molar-refractivity contribution in [2.24, 2.45) is 0 Å². The first-order valence-corrected chi connectivity index (χ1v) is 8.73. The first-order valence-electron chi connectivity index (χ1n) is 8.73. The molecule has 0 heterocycles. The number of methoxy groups -OCH3 is 1. The van der Waals surface area contributed by atoms with Crippen LogP contribution in [0.15, 0.2) is 60.7 Å². The van der Waals surface area contributed by atoms with Crippen molar-refractivity contribution < 1.29 is 24.2 Å². The van der Waals surface area contributed by atoms with E-state index in [4.69, 9.17) is 14.6 Å². The second-order valence-electron chi connectivity index (χ2n) is 6.25. The van der Waals surface area contributed by atoms with Crippen LogP contribution in [0, 0.1) is 0 Å². The van der Waals surface area contributed by atoms with Gasteiger partial charge in [-0.05, 0) is 42.1 Å². The lowest BCUT2D eigenvalue weighted by Crippen LogP contribution is -2.04. The molecule has 0 fully saturated rings. The summed E-state index contributed by atoms with van der Waals surface area (Å²) in [7, 11) is 1.56. The van der Waals surface area contributed by atoms with E-state index in [9.17, 15) is 9.59 Å². The van der Waals surface area contributed by atoms with Crippen LogP contribution in [-0.4, -0.2) is 24.0 Å². The van der Waals surface area contributed by atoms with Gasteiger partial charge in [-0.25, -0.2) is 4.79 Å². The number of carbonyl (C=O) groups is 2. The quantitative estimate of drug-likeness (QED) is 0.477. The average molecular weight is 376 g/mol. The first-order chi connectivity index (χ1) is 13.5. The van der Waals surface area contributed by atoms with Crippen LogP contribution in [0.1, 0.15) is 28.4 Å². The Balaban J connectivity index is 1.97. The number of ketones is 1. The summed E-state index contributed by atoms with van der Waals surface area (Å²) in [6, 6.07) is 16.7. The number of hydrogen-bond donors (Lipinski definition) is 1. The van der Waals surface area contributed by atoms with Gasteiger partial charge in [0.25, 0.3) is 0 Å². The smallest absolute Gasteiger partial charge is 0.328 e. The number of aliphatic carboxylic acids is 1. The standard InChI is InChI=1S/C23H20O5/c1-15(24)19-10-9-17-5-3-4-6-20(17)23(19)28-14-18-13-16(8-12-22(25)26)7-11-21(18)27-2/h3-13H,14H2,1-2H3,(H,25,26). The number of fused-ring (bicyclic) bond motifs is 1. The molecule has 1 N–H and O–H groups in total. The van der Waals surface area contributed by atoms with E-state index in [2.05, 4.69) is 0 Å². The Morgan fingerprint density at radius 2 is 1.86 bits per heavy atom. The maximum atomic E-state index is 12.1. The third-order valence-electron chi connectivity index (χ3n) is 4.35. The van der Waals surface area contributed by atoms with Crippen LogP contribution in [-0.2, 0) is 11.4 Å². The lowest BCUT2D eigenvalue weighted by atomic mass is 10.0. The van der Waals surface area contributed by atoms with Crippen molar-refractivity contribution in [3.8, 4) is 11.5 Å². The number of rotatable bonds is 7. The van der Waals surface area contributed by atoms with E-state index < -0.39 is 5.97 Å². The van der Waals surface area contributed by atoms with Crippen molar-refractivity contribution in [2.45, 2.75) is 13.5 Å². The maximum absolute atomic E-state index is 12.1. The molecule has 0 saturated heterocycles. The summed E-state index contributed by atoms with van der Waals surface area (Å²) in [6.07, 6.45) is 2.58. The number of carboxylic acids is 1. The van der Waals surface area contributed by atoms with Crippen molar-refractivity contribution in [1.82, 2.24) is 0 Å². The van der Waals surface area contributed by atoms with E-state index in [0.717, 1.165) is 22.4 Å². The van der Waals surface area contributed by atoms with E-state index in [1.165, 1.54) is 13.0 Å². The molecule has 0 aliphatic rings. The molecule has 0 saturated carbocycles. The zero-order valence-corrected chi connectivity index (χ0v) is 15.6. The van der Waals surface area contributed by atoms with E-state index in [1.54, 1.807) is 31.4 Å². The molecule has 0 spiro atoms. The van der Waals surface area contributed by atoms with E-state index in [-0.39, 0.29) is 12.4 Å². The molecular formula is C23H20O5. The Kier molecular flexibility index (Phi) is 5.75. The highest BCUT2D eigenvalue weighted by Gasteiger charge is 2.14. The molecule has 0 atom stereocenters. The van der Waals surface area contributed by atoms with Crippen LogP contribution in [0.4, 0.5) is 0 Å². The largest absolute Gasteiger partial charge is 0.496 e. The van der Waals surface area contributed by atoms with Gasteiger partial charge < -0.3 is 14.6 Å². The van der Waals surface area contributed by atoms with Gasteiger partial charge >= 0.3 is 5.97 Å². The zero-order valence-electron chi connectivity index (χ0n) is 15.6. The van der Waals surface area contributed by atoms with Crippen LogP contribution in [0.5, 0.6) is 11.5 Å². The van der Waals surface area contributed by atoms with E-state index >= 15 is 0 Å². The molecule has 3 aromatic rings. The summed E-state index contributed by atoms with van der Waals surface area (Å²) < 4.78 is 11.5. The molecule has 142 valence electrons. The summed E-state index contributed by atoms with van der Waals surface area (Å²) >= 11 is 0. The number of Topliss-reactive ketones (excluding diaryl/α,β-unsaturated/α-hetero) is 1. The van der Waals surface area contributed by atoms with E-state index in [1.807, 2.05) is 30.3 Å². The van der Waals surface area contributed by atoms with Crippen molar-refractivity contribution >= 4 is 28.6 Å². The monoisotopic (exact) mass is 376 g/mol. The van der Waals surface area contributed by atoms with Gasteiger partial charge in [-0.1, -0.05) is 36.4 Å². The van der Waals surface area contributed by atoms with Crippen molar-refractivity contribution in [2.75, 3.05) is 7.11 Å². The normalized spacial score (nSPS) is 10.9. The number of carboxylic acid groups (broad SMARTS) is 1. The molecule has 0 amide bonds. The molecule has 0 bridgehead atoms. The van der Waals surface area contributed by atoms with Crippen LogP contribution < -0.4 is 9.47 Å². The van der Waals surface area contributed by atoms with E-state index in [0.29, 0.717) is 22.6 Å². The van der Waals surface area contributed by atoms with Gasteiger partial charge in [0.2, 0.25) is 0 Å². The fourth-order valence-electron chi connectivity index (χ4n) is 3.01. The molecule has 0 unspecified atom stereocenters.